The second kappa shape index (κ2) is 8.06. The van der Waals surface area contributed by atoms with Crippen molar-refractivity contribution in [1.82, 2.24) is 19.8 Å². The summed E-state index contributed by atoms with van der Waals surface area (Å²) < 4.78 is 4.99. The number of hydrogen-bond donors (Lipinski definition) is 0. The highest BCUT2D eigenvalue weighted by molar-refractivity contribution is 7.13. The molecule has 0 bridgehead atoms. The van der Waals surface area contributed by atoms with Crippen LogP contribution in [-0.4, -0.2) is 64.6 Å². The largest absolute Gasteiger partial charge is 0.450 e. The Kier molecular flexibility index (Phi) is 5.60. The van der Waals surface area contributed by atoms with E-state index in [4.69, 9.17) is 4.74 Å². The smallest absolute Gasteiger partial charge is 0.409 e. The highest BCUT2D eigenvalue weighted by Gasteiger charge is 2.25. The van der Waals surface area contributed by atoms with E-state index in [0.717, 1.165) is 16.3 Å². The Balaban J connectivity index is 1.54. The summed E-state index contributed by atoms with van der Waals surface area (Å²) in [6.45, 7) is 4.20. The van der Waals surface area contributed by atoms with Gasteiger partial charge in [-0.05, 0) is 19.1 Å². The third-order valence-electron chi connectivity index (χ3n) is 3.95. The van der Waals surface area contributed by atoms with Crippen LogP contribution < -0.4 is 0 Å². The molecule has 1 saturated heterocycles. The van der Waals surface area contributed by atoms with Gasteiger partial charge in [-0.2, -0.15) is 0 Å². The van der Waals surface area contributed by atoms with Crippen molar-refractivity contribution < 1.29 is 14.3 Å². The molecule has 0 N–H and O–H groups in total. The second-order valence-corrected chi connectivity index (χ2v) is 6.49. The predicted octanol–water partition coefficient (Wildman–Crippen LogP) is 2.05. The average Bonchev–Trinajstić information content (AvgIpc) is 3.11. The van der Waals surface area contributed by atoms with Crippen molar-refractivity contribution in [3.63, 3.8) is 0 Å². The van der Waals surface area contributed by atoms with Crippen LogP contribution in [0, 0.1) is 0 Å². The summed E-state index contributed by atoms with van der Waals surface area (Å²) in [5.41, 5.74) is 1.72. The Morgan fingerprint density at radius 1 is 1.24 bits per heavy atom. The molecule has 0 aliphatic carbocycles. The summed E-state index contributed by atoms with van der Waals surface area (Å²) >= 11 is 1.51. The number of carbonyl (C=O) groups excluding carboxylic acids is 2. The van der Waals surface area contributed by atoms with E-state index >= 15 is 0 Å². The Hall–Kier alpha value is -2.48. The van der Waals surface area contributed by atoms with Crippen LogP contribution in [0.5, 0.6) is 0 Å². The van der Waals surface area contributed by atoms with Crippen LogP contribution >= 0.6 is 11.3 Å². The summed E-state index contributed by atoms with van der Waals surface area (Å²) in [5.74, 6) is 0.0338. The molecule has 1 aliphatic heterocycles. The number of nitrogens with zero attached hydrogens (tertiary/aromatic N) is 4. The number of piperazine rings is 1. The van der Waals surface area contributed by atoms with Gasteiger partial charge < -0.3 is 14.5 Å². The van der Waals surface area contributed by atoms with Crippen molar-refractivity contribution in [2.45, 2.75) is 13.3 Å². The molecule has 1 aliphatic rings. The SMILES string of the molecule is CCOC(=O)N1CCN(C(=O)Cc2csc(-c3cccnc3)n2)CC1. The van der Waals surface area contributed by atoms with Gasteiger partial charge >= 0.3 is 6.09 Å². The van der Waals surface area contributed by atoms with Crippen LogP contribution in [0.4, 0.5) is 4.79 Å². The molecular weight excluding hydrogens is 340 g/mol. The van der Waals surface area contributed by atoms with Gasteiger partial charge in [-0.15, -0.1) is 11.3 Å². The van der Waals surface area contributed by atoms with E-state index in [1.54, 1.807) is 29.1 Å². The molecule has 7 nitrogen and oxygen atoms in total. The van der Waals surface area contributed by atoms with Crippen LogP contribution in [0.2, 0.25) is 0 Å². The van der Waals surface area contributed by atoms with Crippen molar-refractivity contribution in [2.24, 2.45) is 0 Å². The fraction of sp³-hybridized carbons (Fsp3) is 0.412. The van der Waals surface area contributed by atoms with Gasteiger partial charge in [0.05, 0.1) is 18.7 Å². The van der Waals surface area contributed by atoms with Crippen LogP contribution in [0.3, 0.4) is 0 Å². The maximum absolute atomic E-state index is 12.5. The van der Waals surface area contributed by atoms with Gasteiger partial charge in [0, 0.05) is 49.5 Å². The molecule has 2 aromatic heterocycles. The minimum absolute atomic E-state index is 0.0338. The monoisotopic (exact) mass is 360 g/mol. The van der Waals surface area contributed by atoms with E-state index in [1.807, 2.05) is 17.5 Å². The molecule has 1 fully saturated rings. The van der Waals surface area contributed by atoms with Crippen LogP contribution in [-0.2, 0) is 16.0 Å². The minimum Gasteiger partial charge on any atom is -0.450 e. The second-order valence-electron chi connectivity index (χ2n) is 5.63. The molecule has 0 saturated carbocycles. The van der Waals surface area contributed by atoms with Crippen molar-refractivity contribution in [3.8, 4) is 10.6 Å². The molecule has 3 heterocycles. The van der Waals surface area contributed by atoms with Gasteiger partial charge in [0.2, 0.25) is 5.91 Å². The van der Waals surface area contributed by atoms with Crippen molar-refractivity contribution in [2.75, 3.05) is 32.8 Å². The standard InChI is InChI=1S/C17H20N4O3S/c1-2-24-17(23)21-8-6-20(7-9-21)15(22)10-14-12-25-16(19-14)13-4-3-5-18-11-13/h3-5,11-12H,2,6-10H2,1H3. The lowest BCUT2D eigenvalue weighted by molar-refractivity contribution is -0.132. The number of thiazole rings is 1. The van der Waals surface area contributed by atoms with Gasteiger partial charge in [0.15, 0.2) is 0 Å². The highest BCUT2D eigenvalue weighted by Crippen LogP contribution is 2.23. The van der Waals surface area contributed by atoms with E-state index in [2.05, 4.69) is 9.97 Å². The molecular formula is C17H20N4O3S. The third kappa shape index (κ3) is 4.33. The molecule has 8 heteroatoms. The summed E-state index contributed by atoms with van der Waals surface area (Å²) in [7, 11) is 0. The number of hydrogen-bond acceptors (Lipinski definition) is 6. The van der Waals surface area contributed by atoms with E-state index in [1.165, 1.54) is 11.3 Å². The Bertz CT molecular complexity index is 727. The molecule has 3 rings (SSSR count). The van der Waals surface area contributed by atoms with Crippen molar-refractivity contribution in [1.29, 1.82) is 0 Å². The molecule has 0 unspecified atom stereocenters. The first-order valence-electron chi connectivity index (χ1n) is 8.21. The Morgan fingerprint density at radius 3 is 2.68 bits per heavy atom. The molecule has 0 radical (unpaired) electrons. The average molecular weight is 360 g/mol. The first kappa shape index (κ1) is 17.3. The predicted molar refractivity (Wildman–Crippen MR) is 94.2 cm³/mol. The zero-order chi connectivity index (χ0) is 17.6. The quantitative estimate of drug-likeness (QED) is 0.834. The summed E-state index contributed by atoms with van der Waals surface area (Å²) in [4.78, 5) is 36.2. The third-order valence-corrected chi connectivity index (χ3v) is 4.89. The molecule has 25 heavy (non-hydrogen) atoms. The van der Waals surface area contributed by atoms with Gasteiger partial charge in [-0.25, -0.2) is 9.78 Å². The van der Waals surface area contributed by atoms with E-state index in [9.17, 15) is 9.59 Å². The van der Waals surface area contributed by atoms with E-state index in [0.29, 0.717) is 32.8 Å². The summed E-state index contributed by atoms with van der Waals surface area (Å²) in [5, 5.41) is 2.78. The summed E-state index contributed by atoms with van der Waals surface area (Å²) in [6, 6.07) is 3.82. The first-order chi connectivity index (χ1) is 12.2. The first-order valence-corrected chi connectivity index (χ1v) is 9.09. The molecule has 2 amide bonds. The lowest BCUT2D eigenvalue weighted by atomic mass is 10.2. The molecule has 0 aromatic carbocycles. The number of pyridine rings is 1. The zero-order valence-electron chi connectivity index (χ0n) is 14.1. The fourth-order valence-electron chi connectivity index (χ4n) is 2.63. The maximum Gasteiger partial charge on any atom is 0.409 e. The lowest BCUT2D eigenvalue weighted by Crippen LogP contribution is -2.51. The molecule has 0 spiro atoms. The minimum atomic E-state index is -0.310. The van der Waals surface area contributed by atoms with Gasteiger partial charge in [0.1, 0.15) is 5.01 Å². The van der Waals surface area contributed by atoms with E-state index in [-0.39, 0.29) is 18.4 Å². The number of amides is 2. The van der Waals surface area contributed by atoms with Gasteiger partial charge in [0.25, 0.3) is 0 Å². The molecule has 2 aromatic rings. The van der Waals surface area contributed by atoms with Crippen molar-refractivity contribution >= 4 is 23.3 Å². The van der Waals surface area contributed by atoms with Crippen LogP contribution in [0.1, 0.15) is 12.6 Å². The molecule has 132 valence electrons. The summed E-state index contributed by atoms with van der Waals surface area (Å²) in [6.07, 6.45) is 3.45. The zero-order valence-corrected chi connectivity index (χ0v) is 14.9. The topological polar surface area (TPSA) is 75.6 Å². The van der Waals surface area contributed by atoms with E-state index < -0.39 is 0 Å². The number of ether oxygens (including phenoxy) is 1. The van der Waals surface area contributed by atoms with Crippen LogP contribution in [0.25, 0.3) is 10.6 Å². The number of rotatable bonds is 4. The van der Waals surface area contributed by atoms with Gasteiger partial charge in [-0.3, -0.25) is 9.78 Å². The normalized spacial score (nSPS) is 14.4. The number of carbonyl (C=O) groups is 2. The van der Waals surface area contributed by atoms with Crippen LogP contribution in [0.15, 0.2) is 29.9 Å². The maximum atomic E-state index is 12.5. The lowest BCUT2D eigenvalue weighted by Gasteiger charge is -2.34. The number of aromatic nitrogens is 2. The molecule has 0 atom stereocenters. The van der Waals surface area contributed by atoms with Gasteiger partial charge in [-0.1, -0.05) is 0 Å². The highest BCUT2D eigenvalue weighted by atomic mass is 32.1. The Morgan fingerprint density at radius 2 is 2.00 bits per heavy atom. The van der Waals surface area contributed by atoms with Crippen molar-refractivity contribution in [3.05, 3.63) is 35.6 Å². The Labute approximate surface area is 150 Å². The fourth-order valence-corrected chi connectivity index (χ4v) is 3.44.